The Labute approximate surface area is 369 Å². The van der Waals surface area contributed by atoms with Crippen LogP contribution in [0.25, 0.3) is 0 Å². The van der Waals surface area contributed by atoms with Gasteiger partial charge in [0, 0.05) is 45.1 Å². The molecule has 0 radical (unpaired) electrons. The predicted octanol–water partition coefficient (Wildman–Crippen LogP) is 6.87. The van der Waals surface area contributed by atoms with E-state index in [1.807, 2.05) is 32.0 Å². The lowest BCUT2D eigenvalue weighted by atomic mass is 10.0. The number of nitrogens with one attached hydrogen (secondary N) is 4. The Kier molecular flexibility index (Phi) is 14.6. The maximum absolute atomic E-state index is 13.3. The standard InChI is InChI=1S/C44H51ClN10O6S/c1-27-13-11-15-30(45)39(27)52-41(59)33-26-46-44(62-33)50-34-25-35(48-28(2)47-34)54-23-21-53(22-24-54)20-10-8-6-4-3-5-7-9-17-36(56)49-31-16-12-14-29-38(31)43(61)55(42(29)60)32-18-19-37(57)51-40(32)58/h11-16,25-26,32H,3-10,17-24H2,1-2H3,(H,49,56)(H,52,59)(H,51,57,58)(H,46,47,48,50). The average Bonchev–Trinajstić information content (AvgIpc) is 3.81. The topological polar surface area (TPSA) is 199 Å². The lowest BCUT2D eigenvalue weighted by molar-refractivity contribution is -0.136. The van der Waals surface area contributed by atoms with Crippen LogP contribution >= 0.6 is 22.9 Å². The first-order valence-electron chi connectivity index (χ1n) is 21.2. The summed E-state index contributed by atoms with van der Waals surface area (Å²) in [5, 5.41) is 12.2. The molecule has 0 aliphatic carbocycles. The van der Waals surface area contributed by atoms with E-state index in [4.69, 9.17) is 16.6 Å². The lowest BCUT2D eigenvalue weighted by Crippen LogP contribution is -2.54. The van der Waals surface area contributed by atoms with Crippen molar-refractivity contribution in [1.29, 1.82) is 0 Å². The van der Waals surface area contributed by atoms with Crippen molar-refractivity contribution >= 4 is 86.5 Å². The maximum atomic E-state index is 13.3. The number of benzene rings is 2. The van der Waals surface area contributed by atoms with Gasteiger partial charge in [-0.2, -0.15) is 0 Å². The summed E-state index contributed by atoms with van der Waals surface area (Å²) in [6, 6.07) is 11.0. The number of hydrogen-bond acceptors (Lipinski definition) is 13. The van der Waals surface area contributed by atoms with Gasteiger partial charge in [-0.05, 0) is 63.4 Å². The highest BCUT2D eigenvalue weighted by atomic mass is 35.5. The van der Waals surface area contributed by atoms with Gasteiger partial charge in [-0.25, -0.2) is 15.0 Å². The zero-order valence-electron chi connectivity index (χ0n) is 34.9. The highest BCUT2D eigenvalue weighted by Gasteiger charge is 2.45. The number of aryl methyl sites for hydroxylation is 2. The van der Waals surface area contributed by atoms with Crippen molar-refractivity contribution in [2.24, 2.45) is 0 Å². The summed E-state index contributed by atoms with van der Waals surface area (Å²) in [4.78, 5) is 95.9. The number of fused-ring (bicyclic) bond motifs is 1. The molecular weight excluding hydrogens is 832 g/mol. The third-order valence-corrected chi connectivity index (χ3v) is 12.5. The van der Waals surface area contributed by atoms with E-state index >= 15 is 0 Å². The molecule has 3 aliphatic heterocycles. The molecule has 2 aromatic heterocycles. The Morgan fingerprint density at radius 3 is 2.34 bits per heavy atom. The molecule has 5 heterocycles. The zero-order valence-corrected chi connectivity index (χ0v) is 36.5. The maximum Gasteiger partial charge on any atom is 0.267 e. The molecule has 4 N–H and O–H groups in total. The van der Waals surface area contributed by atoms with E-state index in [-0.39, 0.29) is 41.5 Å². The van der Waals surface area contributed by atoms with Crippen LogP contribution in [-0.4, -0.2) is 99.0 Å². The minimum Gasteiger partial charge on any atom is -0.354 e. The van der Waals surface area contributed by atoms with Gasteiger partial charge in [0.1, 0.15) is 28.4 Å². The number of para-hydroxylation sites is 1. The van der Waals surface area contributed by atoms with Crippen molar-refractivity contribution in [3.05, 3.63) is 81.1 Å². The Morgan fingerprint density at radius 1 is 0.871 bits per heavy atom. The van der Waals surface area contributed by atoms with Gasteiger partial charge in [-0.1, -0.05) is 79.7 Å². The predicted molar refractivity (Wildman–Crippen MR) is 238 cm³/mol. The number of piperidine rings is 1. The molecule has 2 saturated heterocycles. The summed E-state index contributed by atoms with van der Waals surface area (Å²) in [6.45, 7) is 8.47. The zero-order chi connectivity index (χ0) is 43.8. The fourth-order valence-corrected chi connectivity index (χ4v) is 8.99. The SMILES string of the molecule is Cc1nc(Nc2ncc(C(=O)Nc3c(C)cccc3Cl)s2)cc(N2CCN(CCCCCCCCCCC(=O)Nc3cccc4c3C(=O)N(C3CCC(=O)NC3=O)C4=O)CC2)n1. The highest BCUT2D eigenvalue weighted by molar-refractivity contribution is 7.17. The van der Waals surface area contributed by atoms with E-state index < -0.39 is 29.7 Å². The molecule has 326 valence electrons. The molecule has 1 atom stereocenters. The second kappa shape index (κ2) is 20.4. The Hall–Kier alpha value is -5.78. The smallest absolute Gasteiger partial charge is 0.267 e. The molecular formula is C44H51ClN10O6S. The van der Waals surface area contributed by atoms with Crippen molar-refractivity contribution in [3.63, 3.8) is 0 Å². The molecule has 2 fully saturated rings. The molecule has 0 spiro atoms. The minimum atomic E-state index is -1.06. The average molecular weight is 883 g/mol. The quantitative estimate of drug-likeness (QED) is 0.0598. The first-order valence-corrected chi connectivity index (χ1v) is 22.4. The van der Waals surface area contributed by atoms with E-state index in [1.165, 1.54) is 36.4 Å². The van der Waals surface area contributed by atoms with E-state index in [1.54, 1.807) is 18.2 Å². The van der Waals surface area contributed by atoms with Crippen LogP contribution in [0.1, 0.15) is 112 Å². The van der Waals surface area contributed by atoms with Crippen molar-refractivity contribution in [1.82, 2.24) is 30.1 Å². The molecule has 0 saturated carbocycles. The number of imide groups is 2. The van der Waals surface area contributed by atoms with Crippen LogP contribution in [0.3, 0.4) is 0 Å². The molecule has 7 rings (SSSR count). The first-order chi connectivity index (χ1) is 29.9. The van der Waals surface area contributed by atoms with Crippen molar-refractivity contribution in [2.45, 2.75) is 90.5 Å². The van der Waals surface area contributed by atoms with E-state index in [9.17, 15) is 28.8 Å². The number of thiazole rings is 1. The first kappa shape index (κ1) is 44.3. The fraction of sp³-hybridized carbons (Fsp3) is 0.432. The van der Waals surface area contributed by atoms with Gasteiger partial charge in [0.05, 0.1) is 33.7 Å². The highest BCUT2D eigenvalue weighted by Crippen LogP contribution is 2.33. The molecule has 4 aromatic rings. The number of halogens is 1. The van der Waals surface area contributed by atoms with Gasteiger partial charge in [-0.15, -0.1) is 0 Å². The van der Waals surface area contributed by atoms with Crippen molar-refractivity contribution in [3.8, 4) is 0 Å². The largest absolute Gasteiger partial charge is 0.354 e. The summed E-state index contributed by atoms with van der Waals surface area (Å²) < 4.78 is 0. The minimum absolute atomic E-state index is 0.0388. The summed E-state index contributed by atoms with van der Waals surface area (Å²) in [6.07, 6.45) is 10.4. The second-order valence-electron chi connectivity index (χ2n) is 15.8. The number of amides is 6. The Balaban J connectivity index is 0.749. The van der Waals surface area contributed by atoms with Gasteiger partial charge in [0.15, 0.2) is 5.13 Å². The summed E-state index contributed by atoms with van der Waals surface area (Å²) in [5.41, 5.74) is 1.93. The van der Waals surface area contributed by atoms with Crippen molar-refractivity contribution < 1.29 is 28.8 Å². The summed E-state index contributed by atoms with van der Waals surface area (Å²) in [5.74, 6) is -0.742. The summed E-state index contributed by atoms with van der Waals surface area (Å²) >= 11 is 7.53. The van der Waals surface area contributed by atoms with Crippen LogP contribution in [0, 0.1) is 13.8 Å². The van der Waals surface area contributed by atoms with Crippen LogP contribution in [0.5, 0.6) is 0 Å². The van der Waals surface area contributed by atoms with E-state index in [2.05, 4.69) is 41.0 Å². The number of anilines is 5. The Bertz CT molecular complexity index is 2330. The molecule has 3 aliphatic rings. The molecule has 6 amide bonds. The molecule has 18 heteroatoms. The molecule has 16 nitrogen and oxygen atoms in total. The molecule has 2 aromatic carbocycles. The number of aromatic nitrogens is 3. The van der Waals surface area contributed by atoms with Crippen LogP contribution in [0.4, 0.5) is 28.1 Å². The van der Waals surface area contributed by atoms with Gasteiger partial charge in [0.2, 0.25) is 17.7 Å². The Morgan fingerprint density at radius 2 is 1.60 bits per heavy atom. The molecule has 1 unspecified atom stereocenters. The van der Waals surface area contributed by atoms with Gasteiger partial charge >= 0.3 is 0 Å². The van der Waals surface area contributed by atoms with Crippen molar-refractivity contribution in [2.75, 3.05) is 53.6 Å². The van der Waals surface area contributed by atoms with Crippen LogP contribution in [0.15, 0.2) is 48.7 Å². The number of carbonyl (C=O) groups excluding carboxylic acids is 6. The number of unbranched alkanes of at least 4 members (excludes halogenated alkanes) is 7. The molecule has 0 bridgehead atoms. The van der Waals surface area contributed by atoms with Gasteiger partial charge < -0.3 is 20.9 Å². The number of rotatable bonds is 18. The molecule has 62 heavy (non-hydrogen) atoms. The number of nitrogens with zero attached hydrogens (tertiary/aromatic N) is 6. The van der Waals surface area contributed by atoms with E-state index in [0.717, 1.165) is 81.1 Å². The third kappa shape index (κ3) is 10.8. The normalized spacial score (nSPS) is 16.7. The van der Waals surface area contributed by atoms with Crippen LogP contribution in [0.2, 0.25) is 5.02 Å². The number of hydrogen-bond donors (Lipinski definition) is 4. The fourth-order valence-electron chi connectivity index (χ4n) is 8.00. The van der Waals surface area contributed by atoms with E-state index in [0.29, 0.717) is 45.2 Å². The van der Waals surface area contributed by atoms with Crippen LogP contribution < -0.4 is 26.2 Å². The van der Waals surface area contributed by atoms with Gasteiger partial charge in [-0.3, -0.25) is 43.9 Å². The van der Waals surface area contributed by atoms with Crippen LogP contribution in [-0.2, 0) is 14.4 Å². The monoisotopic (exact) mass is 882 g/mol. The second-order valence-corrected chi connectivity index (χ2v) is 17.3. The third-order valence-electron chi connectivity index (χ3n) is 11.3. The van der Waals surface area contributed by atoms with Gasteiger partial charge in [0.25, 0.3) is 17.7 Å². The number of piperazine rings is 1. The number of carbonyl (C=O) groups is 6. The lowest BCUT2D eigenvalue weighted by Gasteiger charge is -2.35. The summed E-state index contributed by atoms with van der Waals surface area (Å²) in [7, 11) is 0.